The molecule has 1 atom stereocenters. The molecule has 2 heterocycles. The van der Waals surface area contributed by atoms with Crippen LogP contribution in [-0.4, -0.2) is 58.8 Å². The van der Waals surface area contributed by atoms with Crippen LogP contribution in [0.3, 0.4) is 0 Å². The van der Waals surface area contributed by atoms with Crippen molar-refractivity contribution in [3.8, 4) is 0 Å². The highest BCUT2D eigenvalue weighted by Gasteiger charge is 2.20. The van der Waals surface area contributed by atoms with E-state index in [0.29, 0.717) is 5.92 Å². The number of aromatic nitrogens is 2. The van der Waals surface area contributed by atoms with Crippen molar-refractivity contribution in [3.63, 3.8) is 0 Å². The molecule has 1 aliphatic rings. The molecule has 1 unspecified atom stereocenters. The first-order valence-electron chi connectivity index (χ1n) is 8.00. The summed E-state index contributed by atoms with van der Waals surface area (Å²) in [7, 11) is 0. The zero-order valence-corrected chi connectivity index (χ0v) is 13.7. The van der Waals surface area contributed by atoms with Crippen LogP contribution in [0.2, 0.25) is 0 Å². The van der Waals surface area contributed by atoms with Crippen molar-refractivity contribution in [2.24, 2.45) is 0 Å². The molecule has 0 aromatic carbocycles. The topological polar surface area (TPSA) is 52.5 Å². The van der Waals surface area contributed by atoms with Crippen molar-refractivity contribution in [3.05, 3.63) is 17.6 Å². The second-order valence-electron chi connectivity index (χ2n) is 6.23. The Morgan fingerprint density at radius 3 is 2.43 bits per heavy atom. The van der Waals surface area contributed by atoms with Gasteiger partial charge in [-0.15, -0.1) is 0 Å². The van der Waals surface area contributed by atoms with Gasteiger partial charge in [0.2, 0.25) is 0 Å². The summed E-state index contributed by atoms with van der Waals surface area (Å²) in [5, 5.41) is 9.75. The van der Waals surface area contributed by atoms with Gasteiger partial charge in [0, 0.05) is 50.4 Å². The highest BCUT2D eigenvalue weighted by atomic mass is 16.3. The number of hydrogen-bond acceptors (Lipinski definition) is 5. The zero-order chi connectivity index (χ0) is 15.4. The number of aryl methyl sites for hydroxylation is 1. The molecule has 1 fully saturated rings. The number of rotatable bonds is 5. The van der Waals surface area contributed by atoms with E-state index in [-0.39, 0.29) is 6.10 Å². The minimum atomic E-state index is -0.203. The number of β-amino-alcohol motifs (C(OH)–C–C–N with tert-alkyl or cyclic N) is 1. The third-order valence-corrected chi connectivity index (χ3v) is 4.01. The average molecular weight is 292 g/mol. The van der Waals surface area contributed by atoms with Crippen molar-refractivity contribution in [2.45, 2.75) is 46.1 Å². The molecule has 1 saturated heterocycles. The van der Waals surface area contributed by atoms with Gasteiger partial charge in [-0.2, -0.15) is 0 Å². The van der Waals surface area contributed by atoms with Crippen LogP contribution in [0.25, 0.3) is 0 Å². The largest absolute Gasteiger partial charge is 0.392 e. The normalized spacial score (nSPS) is 18.3. The average Bonchev–Trinajstić information content (AvgIpc) is 2.47. The van der Waals surface area contributed by atoms with Crippen LogP contribution in [-0.2, 0) is 0 Å². The van der Waals surface area contributed by atoms with E-state index in [9.17, 15) is 5.11 Å². The maximum atomic E-state index is 9.75. The summed E-state index contributed by atoms with van der Waals surface area (Å²) in [5.41, 5.74) is 1.03. The summed E-state index contributed by atoms with van der Waals surface area (Å²) in [6.45, 7) is 13.0. The molecule has 5 nitrogen and oxygen atoms in total. The number of anilines is 1. The first-order chi connectivity index (χ1) is 9.99. The first-order valence-corrected chi connectivity index (χ1v) is 8.00. The van der Waals surface area contributed by atoms with E-state index < -0.39 is 0 Å². The van der Waals surface area contributed by atoms with E-state index in [1.54, 1.807) is 0 Å². The van der Waals surface area contributed by atoms with Gasteiger partial charge < -0.3 is 10.0 Å². The number of aliphatic hydroxyl groups excluding tert-OH is 1. The van der Waals surface area contributed by atoms with Crippen LogP contribution >= 0.6 is 0 Å². The fourth-order valence-electron chi connectivity index (χ4n) is 2.58. The number of piperazine rings is 1. The standard InChI is InChI=1S/C16H28N4O/c1-5-14(21)11-19-6-8-20(9-7-19)15-10-13(4)17-16(18-15)12(2)3/h10,12,14,21H,5-9,11H2,1-4H3. The van der Waals surface area contributed by atoms with Gasteiger partial charge in [0.05, 0.1) is 6.10 Å². The Labute approximate surface area is 128 Å². The molecule has 118 valence electrons. The smallest absolute Gasteiger partial charge is 0.133 e. The third kappa shape index (κ3) is 4.38. The summed E-state index contributed by atoms with van der Waals surface area (Å²) >= 11 is 0. The second-order valence-corrected chi connectivity index (χ2v) is 6.23. The van der Waals surface area contributed by atoms with E-state index >= 15 is 0 Å². The minimum Gasteiger partial charge on any atom is -0.392 e. The summed E-state index contributed by atoms with van der Waals surface area (Å²) in [4.78, 5) is 13.9. The Morgan fingerprint density at radius 2 is 1.86 bits per heavy atom. The van der Waals surface area contributed by atoms with E-state index in [1.807, 2.05) is 13.8 Å². The number of nitrogens with zero attached hydrogens (tertiary/aromatic N) is 4. The summed E-state index contributed by atoms with van der Waals surface area (Å²) < 4.78 is 0. The van der Waals surface area contributed by atoms with Crippen LogP contribution in [0.15, 0.2) is 6.07 Å². The van der Waals surface area contributed by atoms with Gasteiger partial charge in [0.25, 0.3) is 0 Å². The van der Waals surface area contributed by atoms with E-state index in [0.717, 1.165) is 56.5 Å². The predicted octanol–water partition coefficient (Wildman–Crippen LogP) is 1.80. The van der Waals surface area contributed by atoms with Gasteiger partial charge in [0.15, 0.2) is 0 Å². The lowest BCUT2D eigenvalue weighted by atomic mass is 10.2. The molecule has 21 heavy (non-hydrogen) atoms. The molecule has 1 aromatic rings. The van der Waals surface area contributed by atoms with Crippen molar-refractivity contribution in [1.82, 2.24) is 14.9 Å². The molecule has 0 radical (unpaired) electrons. The summed E-state index contributed by atoms with van der Waals surface area (Å²) in [6, 6.07) is 2.07. The van der Waals surface area contributed by atoms with Crippen LogP contribution in [0, 0.1) is 6.92 Å². The van der Waals surface area contributed by atoms with Crippen LogP contribution < -0.4 is 4.90 Å². The van der Waals surface area contributed by atoms with E-state index in [4.69, 9.17) is 4.98 Å². The quantitative estimate of drug-likeness (QED) is 0.897. The van der Waals surface area contributed by atoms with Gasteiger partial charge in [-0.25, -0.2) is 9.97 Å². The number of hydrogen-bond donors (Lipinski definition) is 1. The number of aliphatic hydroxyl groups is 1. The Hall–Kier alpha value is -1.20. The van der Waals surface area contributed by atoms with Gasteiger partial charge in [-0.05, 0) is 13.3 Å². The third-order valence-electron chi connectivity index (χ3n) is 4.01. The molecule has 0 amide bonds. The maximum Gasteiger partial charge on any atom is 0.133 e. The highest BCUT2D eigenvalue weighted by molar-refractivity contribution is 5.40. The predicted molar refractivity (Wildman–Crippen MR) is 85.8 cm³/mol. The molecule has 0 spiro atoms. The maximum absolute atomic E-state index is 9.75. The SMILES string of the molecule is CCC(O)CN1CCN(c2cc(C)nc(C(C)C)n2)CC1. The van der Waals surface area contributed by atoms with Crippen molar-refractivity contribution < 1.29 is 5.11 Å². The lowest BCUT2D eigenvalue weighted by molar-refractivity contribution is 0.106. The van der Waals surface area contributed by atoms with Gasteiger partial charge in [-0.1, -0.05) is 20.8 Å². The van der Waals surface area contributed by atoms with Crippen LogP contribution in [0.4, 0.5) is 5.82 Å². The van der Waals surface area contributed by atoms with Crippen LogP contribution in [0.1, 0.15) is 44.6 Å². The van der Waals surface area contributed by atoms with Crippen molar-refractivity contribution >= 4 is 5.82 Å². The summed E-state index contributed by atoms with van der Waals surface area (Å²) in [6.07, 6.45) is 0.619. The monoisotopic (exact) mass is 292 g/mol. The molecular weight excluding hydrogens is 264 g/mol. The molecule has 0 bridgehead atoms. The second kappa shape index (κ2) is 7.18. The van der Waals surface area contributed by atoms with Crippen LogP contribution in [0.5, 0.6) is 0 Å². The van der Waals surface area contributed by atoms with Gasteiger partial charge in [0.1, 0.15) is 11.6 Å². The first kappa shape index (κ1) is 16.2. The lowest BCUT2D eigenvalue weighted by Gasteiger charge is -2.36. The minimum absolute atomic E-state index is 0.203. The van der Waals surface area contributed by atoms with E-state index in [2.05, 4.69) is 34.7 Å². The summed E-state index contributed by atoms with van der Waals surface area (Å²) in [5.74, 6) is 2.32. The molecule has 2 rings (SSSR count). The molecule has 1 aromatic heterocycles. The molecule has 0 saturated carbocycles. The highest BCUT2D eigenvalue weighted by Crippen LogP contribution is 2.18. The Morgan fingerprint density at radius 1 is 1.19 bits per heavy atom. The zero-order valence-electron chi connectivity index (χ0n) is 13.7. The molecular formula is C16H28N4O. The van der Waals surface area contributed by atoms with Crippen molar-refractivity contribution in [2.75, 3.05) is 37.6 Å². The Balaban J connectivity index is 1.99. The Kier molecular flexibility index (Phi) is 5.53. The van der Waals surface area contributed by atoms with Gasteiger partial charge >= 0.3 is 0 Å². The fraction of sp³-hybridized carbons (Fsp3) is 0.750. The van der Waals surface area contributed by atoms with E-state index in [1.165, 1.54) is 0 Å². The lowest BCUT2D eigenvalue weighted by Crippen LogP contribution is -2.48. The molecule has 5 heteroatoms. The molecule has 0 aliphatic carbocycles. The molecule has 1 aliphatic heterocycles. The van der Waals surface area contributed by atoms with Crippen molar-refractivity contribution in [1.29, 1.82) is 0 Å². The molecule has 1 N–H and O–H groups in total. The van der Waals surface area contributed by atoms with Gasteiger partial charge in [-0.3, -0.25) is 4.90 Å². The fourth-order valence-corrected chi connectivity index (χ4v) is 2.58. The Bertz CT molecular complexity index is 456.